The summed E-state index contributed by atoms with van der Waals surface area (Å²) in [6.07, 6.45) is 3.18. The molecule has 2 amide bonds. The summed E-state index contributed by atoms with van der Waals surface area (Å²) in [5, 5.41) is 5.62. The van der Waals surface area contributed by atoms with Crippen LogP contribution in [0.2, 0.25) is 0 Å². The molecule has 1 aromatic carbocycles. The quantitative estimate of drug-likeness (QED) is 0.553. The van der Waals surface area contributed by atoms with E-state index in [2.05, 4.69) is 10.6 Å². The molecule has 1 aliphatic carbocycles. The van der Waals surface area contributed by atoms with Gasteiger partial charge in [-0.15, -0.1) is 0 Å². The number of amides is 2. The van der Waals surface area contributed by atoms with E-state index in [0.717, 1.165) is 12.8 Å². The molecular weight excluding hydrogens is 340 g/mol. The molecule has 1 heterocycles. The molecule has 25 heavy (non-hydrogen) atoms. The monoisotopic (exact) mass is 364 g/mol. The minimum absolute atomic E-state index is 0.0203. The minimum atomic E-state index is -3.05. The molecule has 0 aromatic heterocycles. The van der Waals surface area contributed by atoms with Crippen LogP contribution in [0.15, 0.2) is 30.3 Å². The molecule has 0 spiro atoms. The van der Waals surface area contributed by atoms with Gasteiger partial charge in [-0.2, -0.15) is 0 Å². The first-order chi connectivity index (χ1) is 11.9. The van der Waals surface area contributed by atoms with E-state index in [4.69, 9.17) is 0 Å². The van der Waals surface area contributed by atoms with Crippen LogP contribution in [0, 0.1) is 5.41 Å². The van der Waals surface area contributed by atoms with Gasteiger partial charge in [0, 0.05) is 12.6 Å². The minimum Gasteiger partial charge on any atom is -0.355 e. The summed E-state index contributed by atoms with van der Waals surface area (Å²) in [4.78, 5) is 24.8. The summed E-state index contributed by atoms with van der Waals surface area (Å²) in [5.74, 6) is -0.474. The molecule has 1 saturated carbocycles. The van der Waals surface area contributed by atoms with Crippen molar-refractivity contribution in [2.75, 3.05) is 18.1 Å². The Morgan fingerprint density at radius 2 is 1.84 bits per heavy atom. The van der Waals surface area contributed by atoms with Crippen molar-refractivity contribution >= 4 is 21.7 Å². The molecule has 1 aromatic rings. The summed E-state index contributed by atoms with van der Waals surface area (Å²) >= 11 is 0. The van der Waals surface area contributed by atoms with Gasteiger partial charge in [-0.05, 0) is 37.7 Å². The summed E-state index contributed by atoms with van der Waals surface area (Å²) in [6.45, 7) is 0.528. The fraction of sp³-hybridized carbons (Fsp3) is 0.556. The molecule has 3 rings (SSSR count). The van der Waals surface area contributed by atoms with Crippen LogP contribution in [0.3, 0.4) is 0 Å². The number of aryl methyl sites for hydroxylation is 1. The Bertz CT molecular complexity index is 742. The molecule has 1 atom stereocenters. The highest BCUT2D eigenvalue weighted by molar-refractivity contribution is 7.91. The van der Waals surface area contributed by atoms with Crippen LogP contribution in [-0.4, -0.2) is 44.3 Å². The van der Waals surface area contributed by atoms with E-state index < -0.39 is 15.3 Å². The van der Waals surface area contributed by atoms with Crippen molar-refractivity contribution in [2.45, 2.75) is 38.1 Å². The van der Waals surface area contributed by atoms with Crippen molar-refractivity contribution in [1.82, 2.24) is 10.6 Å². The maximum Gasteiger partial charge on any atom is 0.235 e. The largest absolute Gasteiger partial charge is 0.355 e. The molecule has 136 valence electrons. The first kappa shape index (κ1) is 17.9. The summed E-state index contributed by atoms with van der Waals surface area (Å²) in [7, 11) is -3.05. The van der Waals surface area contributed by atoms with Crippen LogP contribution in [0.1, 0.15) is 31.2 Å². The van der Waals surface area contributed by atoms with E-state index >= 15 is 0 Å². The van der Waals surface area contributed by atoms with Gasteiger partial charge in [0.05, 0.1) is 11.5 Å². The fourth-order valence-electron chi connectivity index (χ4n) is 3.22. The zero-order valence-electron chi connectivity index (χ0n) is 14.2. The van der Waals surface area contributed by atoms with E-state index in [-0.39, 0.29) is 29.4 Å². The van der Waals surface area contributed by atoms with E-state index in [1.54, 1.807) is 0 Å². The lowest BCUT2D eigenvalue weighted by atomic mass is 10.0. The average Bonchev–Trinajstić information content (AvgIpc) is 3.33. The lowest BCUT2D eigenvalue weighted by Crippen LogP contribution is -2.47. The number of nitrogens with one attached hydrogen (secondary N) is 2. The van der Waals surface area contributed by atoms with Crippen LogP contribution in [0.25, 0.3) is 0 Å². The van der Waals surface area contributed by atoms with Crippen molar-refractivity contribution in [3.05, 3.63) is 35.9 Å². The van der Waals surface area contributed by atoms with Crippen LogP contribution >= 0.6 is 0 Å². The number of rotatable bonds is 7. The molecule has 2 N–H and O–H groups in total. The van der Waals surface area contributed by atoms with Crippen molar-refractivity contribution in [3.63, 3.8) is 0 Å². The second-order valence-electron chi connectivity index (χ2n) is 7.00. The predicted octanol–water partition coefficient (Wildman–Crippen LogP) is 0.819. The van der Waals surface area contributed by atoms with Gasteiger partial charge in [0.1, 0.15) is 5.41 Å². The number of carbonyl (C=O) groups is 2. The van der Waals surface area contributed by atoms with Gasteiger partial charge in [0.25, 0.3) is 0 Å². The highest BCUT2D eigenvalue weighted by Crippen LogP contribution is 2.46. The second kappa shape index (κ2) is 7.15. The van der Waals surface area contributed by atoms with Crippen molar-refractivity contribution in [3.8, 4) is 0 Å². The standard InChI is InChI=1S/C18H24N2O4S/c21-16(19-11-4-7-14-5-2-1-3-6-14)18(9-10-18)17(22)20-15-8-12-25(23,24)13-15/h1-3,5-6,15H,4,7-13H2,(H,19,21)(H,20,22). The highest BCUT2D eigenvalue weighted by atomic mass is 32.2. The molecule has 0 radical (unpaired) electrons. The van der Waals surface area contributed by atoms with Crippen LogP contribution in [-0.2, 0) is 25.8 Å². The Morgan fingerprint density at radius 3 is 2.44 bits per heavy atom. The maximum atomic E-state index is 12.4. The molecule has 0 bridgehead atoms. The number of carbonyl (C=O) groups excluding carboxylic acids is 2. The molecule has 6 nitrogen and oxygen atoms in total. The molecule has 2 fully saturated rings. The highest BCUT2D eigenvalue weighted by Gasteiger charge is 2.56. The molecule has 1 saturated heterocycles. The zero-order valence-corrected chi connectivity index (χ0v) is 15.0. The number of benzene rings is 1. The van der Waals surface area contributed by atoms with Gasteiger partial charge in [-0.3, -0.25) is 9.59 Å². The van der Waals surface area contributed by atoms with E-state index in [1.807, 2.05) is 30.3 Å². The molecule has 1 unspecified atom stereocenters. The molecule has 2 aliphatic rings. The van der Waals surface area contributed by atoms with Crippen LogP contribution < -0.4 is 10.6 Å². The molecular formula is C18H24N2O4S. The van der Waals surface area contributed by atoms with Gasteiger partial charge < -0.3 is 10.6 Å². The lowest BCUT2D eigenvalue weighted by molar-refractivity contribution is -0.137. The topological polar surface area (TPSA) is 92.3 Å². The number of hydrogen-bond donors (Lipinski definition) is 2. The van der Waals surface area contributed by atoms with Crippen molar-refractivity contribution < 1.29 is 18.0 Å². The third kappa shape index (κ3) is 4.39. The fourth-order valence-corrected chi connectivity index (χ4v) is 4.90. The third-order valence-electron chi connectivity index (χ3n) is 4.96. The molecule has 7 heteroatoms. The first-order valence-electron chi connectivity index (χ1n) is 8.75. The van der Waals surface area contributed by atoms with E-state index in [1.165, 1.54) is 5.56 Å². The van der Waals surface area contributed by atoms with E-state index in [9.17, 15) is 18.0 Å². The third-order valence-corrected chi connectivity index (χ3v) is 6.73. The van der Waals surface area contributed by atoms with E-state index in [0.29, 0.717) is 25.8 Å². The van der Waals surface area contributed by atoms with Crippen LogP contribution in [0.5, 0.6) is 0 Å². The van der Waals surface area contributed by atoms with Gasteiger partial charge in [-0.25, -0.2) is 8.42 Å². The maximum absolute atomic E-state index is 12.4. The SMILES string of the molecule is O=C(NCCCc1ccccc1)C1(C(=O)NC2CCS(=O)(=O)C2)CC1. The lowest BCUT2D eigenvalue weighted by Gasteiger charge is -2.18. The Hall–Kier alpha value is -1.89. The summed E-state index contributed by atoms with van der Waals surface area (Å²) in [5.41, 5.74) is 0.233. The van der Waals surface area contributed by atoms with Crippen molar-refractivity contribution in [2.24, 2.45) is 5.41 Å². The molecule has 1 aliphatic heterocycles. The number of sulfone groups is 1. The number of hydrogen-bond acceptors (Lipinski definition) is 4. The first-order valence-corrected chi connectivity index (χ1v) is 10.6. The van der Waals surface area contributed by atoms with Crippen molar-refractivity contribution in [1.29, 1.82) is 0 Å². The normalized spacial score (nSPS) is 23.0. The smallest absolute Gasteiger partial charge is 0.235 e. The van der Waals surface area contributed by atoms with Gasteiger partial charge in [-0.1, -0.05) is 30.3 Å². The summed E-state index contributed by atoms with van der Waals surface area (Å²) in [6, 6.07) is 9.68. The van der Waals surface area contributed by atoms with Crippen LogP contribution in [0.4, 0.5) is 0 Å². The zero-order chi connectivity index (χ0) is 17.9. The Labute approximate surface area is 148 Å². The Morgan fingerprint density at radius 1 is 1.12 bits per heavy atom. The Kier molecular flexibility index (Phi) is 5.13. The average molecular weight is 364 g/mol. The Balaban J connectivity index is 1.44. The summed E-state index contributed by atoms with van der Waals surface area (Å²) < 4.78 is 23.0. The van der Waals surface area contributed by atoms with Gasteiger partial charge >= 0.3 is 0 Å². The predicted molar refractivity (Wildman–Crippen MR) is 94.6 cm³/mol. The van der Waals surface area contributed by atoms with Gasteiger partial charge in [0.15, 0.2) is 9.84 Å². The van der Waals surface area contributed by atoms with Gasteiger partial charge in [0.2, 0.25) is 11.8 Å². The second-order valence-corrected chi connectivity index (χ2v) is 9.23.